The van der Waals surface area contributed by atoms with E-state index in [2.05, 4.69) is 32.2 Å². The first-order valence-corrected chi connectivity index (χ1v) is 10.0. The van der Waals surface area contributed by atoms with Crippen molar-refractivity contribution >= 4 is 5.96 Å². The first-order chi connectivity index (χ1) is 12.7. The molecule has 26 heavy (non-hydrogen) atoms. The first kappa shape index (κ1) is 17.9. The van der Waals surface area contributed by atoms with Gasteiger partial charge in [-0.25, -0.2) is 0 Å². The van der Waals surface area contributed by atoms with Crippen molar-refractivity contribution in [3.8, 4) is 0 Å². The van der Waals surface area contributed by atoms with Crippen LogP contribution < -0.4 is 5.32 Å². The van der Waals surface area contributed by atoms with Crippen molar-refractivity contribution in [2.24, 2.45) is 10.4 Å². The molecular formula is C20H32N4O2. The molecule has 2 saturated heterocycles. The van der Waals surface area contributed by atoms with Gasteiger partial charge in [0, 0.05) is 39.8 Å². The minimum Gasteiger partial charge on any atom is -0.465 e. The molecule has 0 aromatic carbocycles. The molecule has 1 saturated carbocycles. The van der Waals surface area contributed by atoms with Gasteiger partial charge in [-0.05, 0) is 43.7 Å². The average Bonchev–Trinajstić information content (AvgIpc) is 3.26. The molecule has 1 aromatic rings. The number of hydrogen-bond donors (Lipinski definition) is 1. The minimum absolute atomic E-state index is 0.213. The van der Waals surface area contributed by atoms with Gasteiger partial charge in [0.2, 0.25) is 0 Å². The van der Waals surface area contributed by atoms with E-state index in [1.807, 2.05) is 14.0 Å². The number of furan rings is 1. The van der Waals surface area contributed by atoms with Crippen LogP contribution >= 0.6 is 0 Å². The Morgan fingerprint density at radius 1 is 1.23 bits per heavy atom. The number of aryl methyl sites for hydroxylation is 1. The van der Waals surface area contributed by atoms with Crippen molar-refractivity contribution in [2.45, 2.75) is 38.6 Å². The van der Waals surface area contributed by atoms with Crippen molar-refractivity contribution in [2.75, 3.05) is 53.0 Å². The first-order valence-electron chi connectivity index (χ1n) is 10.0. The van der Waals surface area contributed by atoms with E-state index in [0.717, 1.165) is 63.4 Å². The number of likely N-dealkylation sites (tertiary alicyclic amines) is 1. The maximum Gasteiger partial charge on any atom is 0.193 e. The summed E-state index contributed by atoms with van der Waals surface area (Å²) in [5, 5.41) is 3.64. The largest absolute Gasteiger partial charge is 0.465 e. The molecule has 6 heteroatoms. The quantitative estimate of drug-likeness (QED) is 0.660. The van der Waals surface area contributed by atoms with E-state index >= 15 is 0 Å². The number of rotatable bonds is 4. The van der Waals surface area contributed by atoms with Gasteiger partial charge in [0.05, 0.1) is 19.3 Å². The lowest BCUT2D eigenvalue weighted by atomic mass is 9.68. The second kappa shape index (κ2) is 7.61. The van der Waals surface area contributed by atoms with Gasteiger partial charge < -0.3 is 19.4 Å². The van der Waals surface area contributed by atoms with Crippen LogP contribution in [-0.2, 0) is 4.74 Å². The van der Waals surface area contributed by atoms with Gasteiger partial charge in [-0.15, -0.1) is 0 Å². The molecule has 6 nitrogen and oxygen atoms in total. The highest BCUT2D eigenvalue weighted by atomic mass is 16.5. The van der Waals surface area contributed by atoms with Crippen LogP contribution in [0, 0.1) is 12.3 Å². The molecule has 1 N–H and O–H groups in total. The molecule has 4 rings (SSSR count). The fourth-order valence-corrected chi connectivity index (χ4v) is 4.65. The number of ether oxygens (including phenoxy) is 1. The van der Waals surface area contributed by atoms with Crippen LogP contribution in [0.3, 0.4) is 0 Å². The minimum atomic E-state index is 0.213. The van der Waals surface area contributed by atoms with E-state index in [1.54, 1.807) is 0 Å². The monoisotopic (exact) mass is 360 g/mol. The fraction of sp³-hybridized carbons (Fsp3) is 0.750. The summed E-state index contributed by atoms with van der Waals surface area (Å²) in [6.45, 7) is 8.57. The maximum absolute atomic E-state index is 5.97. The van der Waals surface area contributed by atoms with Crippen LogP contribution in [0.5, 0.6) is 0 Å². The van der Waals surface area contributed by atoms with Crippen molar-refractivity contribution in [1.29, 1.82) is 0 Å². The number of nitrogens with zero attached hydrogens (tertiary/aromatic N) is 3. The lowest BCUT2D eigenvalue weighted by Gasteiger charge is -2.38. The molecule has 1 unspecified atom stereocenters. The van der Waals surface area contributed by atoms with E-state index < -0.39 is 0 Å². The van der Waals surface area contributed by atoms with Crippen molar-refractivity contribution in [1.82, 2.24) is 15.1 Å². The molecule has 0 bridgehead atoms. The standard InChI is InChI=1S/C20H32N4O2/c1-16-4-5-18(26-16)17(23-10-12-25-13-11-23)14-22-19(21-2)24-9-8-20(15-24)6-3-7-20/h4-5,17H,3,6-15H2,1-2H3,(H,21,22). The summed E-state index contributed by atoms with van der Waals surface area (Å²) < 4.78 is 11.5. The van der Waals surface area contributed by atoms with E-state index in [1.165, 1.54) is 25.7 Å². The zero-order valence-corrected chi connectivity index (χ0v) is 16.2. The summed E-state index contributed by atoms with van der Waals surface area (Å²) in [6, 6.07) is 4.38. The Morgan fingerprint density at radius 2 is 2.04 bits per heavy atom. The number of nitrogens with one attached hydrogen (secondary N) is 1. The Balaban J connectivity index is 1.41. The molecule has 3 aliphatic rings. The van der Waals surface area contributed by atoms with Crippen LogP contribution in [0.15, 0.2) is 21.5 Å². The highest BCUT2D eigenvalue weighted by Crippen LogP contribution is 2.47. The van der Waals surface area contributed by atoms with Crippen LogP contribution in [0.2, 0.25) is 0 Å². The summed E-state index contributed by atoms with van der Waals surface area (Å²) in [7, 11) is 1.90. The predicted molar refractivity (Wildman–Crippen MR) is 102 cm³/mol. The molecule has 1 spiro atoms. The third-order valence-corrected chi connectivity index (χ3v) is 6.39. The summed E-state index contributed by atoms with van der Waals surface area (Å²) in [5.74, 6) is 3.04. The molecule has 0 amide bonds. The summed E-state index contributed by atoms with van der Waals surface area (Å²) in [4.78, 5) is 9.47. The second-order valence-electron chi connectivity index (χ2n) is 8.07. The molecule has 144 valence electrons. The van der Waals surface area contributed by atoms with Gasteiger partial charge in [-0.2, -0.15) is 0 Å². The Hall–Kier alpha value is -1.53. The molecule has 1 atom stereocenters. The van der Waals surface area contributed by atoms with Gasteiger partial charge in [0.25, 0.3) is 0 Å². The SMILES string of the molecule is CN=C(NCC(c1ccc(C)o1)N1CCOCC1)N1CCC2(CCC2)C1. The zero-order chi connectivity index (χ0) is 18.0. The second-order valence-corrected chi connectivity index (χ2v) is 8.07. The van der Waals surface area contributed by atoms with E-state index in [4.69, 9.17) is 9.15 Å². The Kier molecular flexibility index (Phi) is 5.23. The lowest BCUT2D eigenvalue weighted by Crippen LogP contribution is -2.47. The van der Waals surface area contributed by atoms with E-state index in [0.29, 0.717) is 5.41 Å². The maximum atomic E-state index is 5.97. The summed E-state index contributed by atoms with van der Waals surface area (Å²) >= 11 is 0. The van der Waals surface area contributed by atoms with Crippen LogP contribution in [-0.4, -0.2) is 68.7 Å². The smallest absolute Gasteiger partial charge is 0.193 e. The Morgan fingerprint density at radius 3 is 2.62 bits per heavy atom. The molecule has 0 radical (unpaired) electrons. The van der Waals surface area contributed by atoms with Crippen molar-refractivity contribution in [3.05, 3.63) is 23.7 Å². The third kappa shape index (κ3) is 3.62. The molecular weight excluding hydrogens is 328 g/mol. The van der Waals surface area contributed by atoms with Gasteiger partial charge in [0.15, 0.2) is 5.96 Å². The summed E-state index contributed by atoms with van der Waals surface area (Å²) in [5.41, 5.74) is 0.583. The number of morpholine rings is 1. The molecule has 3 heterocycles. The normalized spacial score (nSPS) is 24.7. The van der Waals surface area contributed by atoms with Crippen LogP contribution in [0.25, 0.3) is 0 Å². The van der Waals surface area contributed by atoms with E-state index in [9.17, 15) is 0 Å². The lowest BCUT2D eigenvalue weighted by molar-refractivity contribution is 0.0123. The van der Waals surface area contributed by atoms with Crippen molar-refractivity contribution in [3.63, 3.8) is 0 Å². The van der Waals surface area contributed by atoms with Crippen LogP contribution in [0.4, 0.5) is 0 Å². The fourth-order valence-electron chi connectivity index (χ4n) is 4.65. The number of hydrogen-bond acceptors (Lipinski definition) is 4. The number of guanidine groups is 1. The van der Waals surface area contributed by atoms with Crippen molar-refractivity contribution < 1.29 is 9.15 Å². The average molecular weight is 361 g/mol. The van der Waals surface area contributed by atoms with Gasteiger partial charge in [-0.1, -0.05) is 6.42 Å². The third-order valence-electron chi connectivity index (χ3n) is 6.39. The highest BCUT2D eigenvalue weighted by molar-refractivity contribution is 5.80. The highest BCUT2D eigenvalue weighted by Gasteiger charge is 2.43. The van der Waals surface area contributed by atoms with Gasteiger partial charge in [-0.3, -0.25) is 9.89 Å². The number of aliphatic imine (C=N–C) groups is 1. The topological polar surface area (TPSA) is 53.2 Å². The van der Waals surface area contributed by atoms with Gasteiger partial charge in [0.1, 0.15) is 11.5 Å². The Bertz CT molecular complexity index is 632. The molecule has 2 aliphatic heterocycles. The predicted octanol–water partition coefficient (Wildman–Crippen LogP) is 2.41. The Labute approximate surface area is 156 Å². The molecule has 1 aliphatic carbocycles. The summed E-state index contributed by atoms with van der Waals surface area (Å²) in [6.07, 6.45) is 5.50. The van der Waals surface area contributed by atoms with Gasteiger partial charge >= 0.3 is 0 Å². The zero-order valence-electron chi connectivity index (χ0n) is 16.2. The van der Waals surface area contributed by atoms with E-state index in [-0.39, 0.29) is 6.04 Å². The molecule has 1 aromatic heterocycles. The molecule has 3 fully saturated rings. The van der Waals surface area contributed by atoms with Crippen LogP contribution in [0.1, 0.15) is 43.2 Å².